The number of benzene rings is 2. The van der Waals surface area contributed by atoms with Gasteiger partial charge >= 0.3 is 0 Å². The van der Waals surface area contributed by atoms with E-state index in [0.717, 1.165) is 34.0 Å². The predicted molar refractivity (Wildman–Crippen MR) is 131 cm³/mol. The molecule has 1 aliphatic heterocycles. The molecule has 2 aliphatic rings. The van der Waals surface area contributed by atoms with E-state index in [4.69, 9.17) is 9.98 Å². The lowest BCUT2D eigenvalue weighted by atomic mass is 9.92. The molecule has 0 spiro atoms. The molecular formula is C28H28N4. The monoisotopic (exact) mass is 420 g/mol. The third kappa shape index (κ3) is 3.49. The SMILES string of the molecule is C[C@@H](c1ccccc1)N1C[C@H](N=Cc2ccc3ccc4cccnc4c3n2)[C@@H]2CC[C@H]1C2. The van der Waals surface area contributed by atoms with E-state index in [1.807, 2.05) is 18.5 Å². The summed E-state index contributed by atoms with van der Waals surface area (Å²) >= 11 is 0. The van der Waals surface area contributed by atoms with Crippen molar-refractivity contribution in [2.24, 2.45) is 10.9 Å². The first-order valence-corrected chi connectivity index (χ1v) is 11.7. The van der Waals surface area contributed by atoms with Crippen LogP contribution < -0.4 is 0 Å². The van der Waals surface area contributed by atoms with Crippen LogP contribution in [0.15, 0.2) is 77.9 Å². The molecule has 3 heterocycles. The minimum absolute atomic E-state index is 0.336. The Kier molecular flexibility index (Phi) is 4.95. The molecule has 2 aromatic carbocycles. The molecule has 4 atom stereocenters. The second-order valence-corrected chi connectivity index (χ2v) is 9.30. The molecule has 0 N–H and O–H groups in total. The van der Waals surface area contributed by atoms with Crippen molar-refractivity contribution in [3.05, 3.63) is 84.2 Å². The van der Waals surface area contributed by atoms with E-state index in [0.29, 0.717) is 24.0 Å². The fourth-order valence-corrected chi connectivity index (χ4v) is 5.71. The number of aliphatic imine (C=N–C) groups is 1. The number of pyridine rings is 2. The van der Waals surface area contributed by atoms with E-state index in [9.17, 15) is 0 Å². The fourth-order valence-electron chi connectivity index (χ4n) is 5.71. The van der Waals surface area contributed by atoms with Gasteiger partial charge < -0.3 is 0 Å². The van der Waals surface area contributed by atoms with Crippen LogP contribution >= 0.6 is 0 Å². The molecular weight excluding hydrogens is 392 g/mol. The first-order chi connectivity index (χ1) is 15.8. The van der Waals surface area contributed by atoms with Gasteiger partial charge in [-0.3, -0.25) is 14.9 Å². The van der Waals surface area contributed by atoms with Gasteiger partial charge in [0.05, 0.1) is 22.8 Å². The van der Waals surface area contributed by atoms with Crippen LogP contribution in [0.1, 0.15) is 43.5 Å². The Hall–Kier alpha value is -3.11. The summed E-state index contributed by atoms with van der Waals surface area (Å²) in [7, 11) is 0. The summed E-state index contributed by atoms with van der Waals surface area (Å²) in [6.07, 6.45) is 7.67. The Balaban J connectivity index is 1.28. The highest BCUT2D eigenvalue weighted by Crippen LogP contribution is 2.41. The number of fused-ring (bicyclic) bond motifs is 5. The number of nitrogens with zero attached hydrogens (tertiary/aromatic N) is 4. The highest BCUT2D eigenvalue weighted by Gasteiger charge is 2.41. The van der Waals surface area contributed by atoms with Crippen molar-refractivity contribution in [3.63, 3.8) is 0 Å². The third-order valence-electron chi connectivity index (χ3n) is 7.49. The first-order valence-electron chi connectivity index (χ1n) is 11.7. The molecule has 1 saturated carbocycles. The van der Waals surface area contributed by atoms with E-state index in [1.165, 1.54) is 24.8 Å². The molecule has 1 aliphatic carbocycles. The zero-order chi connectivity index (χ0) is 21.5. The van der Waals surface area contributed by atoms with Gasteiger partial charge in [-0.25, -0.2) is 4.98 Å². The molecule has 32 heavy (non-hydrogen) atoms. The van der Waals surface area contributed by atoms with Crippen molar-refractivity contribution in [1.82, 2.24) is 14.9 Å². The van der Waals surface area contributed by atoms with Crippen LogP contribution in [-0.2, 0) is 0 Å². The van der Waals surface area contributed by atoms with Crippen molar-refractivity contribution in [3.8, 4) is 0 Å². The van der Waals surface area contributed by atoms with Crippen molar-refractivity contribution in [1.29, 1.82) is 0 Å². The molecule has 160 valence electrons. The summed E-state index contributed by atoms with van der Waals surface area (Å²) in [4.78, 5) is 17.3. The zero-order valence-electron chi connectivity index (χ0n) is 18.4. The standard InChI is InChI=1S/C28H28N4/c1-19(20-6-3-2-4-7-20)32-18-26(23-12-14-25(32)16-23)30-17-24-13-11-22-10-9-21-8-5-15-29-27(21)28(22)31-24/h2-11,13,15,17,19,23,25-26H,12,14,16,18H2,1H3/t19-,23+,25-,26-/m0/s1. The number of rotatable bonds is 4. The molecule has 4 nitrogen and oxygen atoms in total. The highest BCUT2D eigenvalue weighted by atomic mass is 15.2. The molecule has 2 fully saturated rings. The molecule has 1 saturated heterocycles. The second kappa shape index (κ2) is 8.10. The Labute approximate surface area is 189 Å². The lowest BCUT2D eigenvalue weighted by Gasteiger charge is -2.41. The lowest BCUT2D eigenvalue weighted by Crippen LogP contribution is -2.46. The molecule has 6 rings (SSSR count). The minimum Gasteiger partial charge on any atom is -0.292 e. The van der Waals surface area contributed by atoms with E-state index in [-0.39, 0.29) is 0 Å². The Morgan fingerprint density at radius 3 is 2.62 bits per heavy atom. The largest absolute Gasteiger partial charge is 0.292 e. The van der Waals surface area contributed by atoms with Crippen LogP contribution in [0.3, 0.4) is 0 Å². The molecule has 4 aromatic rings. The van der Waals surface area contributed by atoms with Crippen LogP contribution in [-0.4, -0.2) is 39.7 Å². The number of aromatic nitrogens is 2. The number of likely N-dealkylation sites (tertiary alicyclic amines) is 1. The Morgan fingerprint density at radius 2 is 1.75 bits per heavy atom. The quantitative estimate of drug-likeness (QED) is 0.309. The average molecular weight is 421 g/mol. The molecule has 4 heteroatoms. The summed E-state index contributed by atoms with van der Waals surface area (Å²) in [5.41, 5.74) is 4.23. The van der Waals surface area contributed by atoms with Gasteiger partial charge in [0.15, 0.2) is 0 Å². The molecule has 2 aromatic heterocycles. The van der Waals surface area contributed by atoms with Crippen LogP contribution in [0.2, 0.25) is 0 Å². The maximum Gasteiger partial charge on any atom is 0.0972 e. The molecule has 0 radical (unpaired) electrons. The van der Waals surface area contributed by atoms with E-state index >= 15 is 0 Å². The van der Waals surface area contributed by atoms with Crippen molar-refractivity contribution < 1.29 is 0 Å². The average Bonchev–Trinajstić information content (AvgIpc) is 3.27. The third-order valence-corrected chi connectivity index (χ3v) is 7.49. The number of hydrogen-bond acceptors (Lipinski definition) is 4. The van der Waals surface area contributed by atoms with Gasteiger partial charge in [0.1, 0.15) is 0 Å². The lowest BCUT2D eigenvalue weighted by molar-refractivity contribution is 0.0977. The summed E-state index contributed by atoms with van der Waals surface area (Å²) in [6.45, 7) is 3.37. The van der Waals surface area contributed by atoms with E-state index in [2.05, 4.69) is 77.5 Å². The van der Waals surface area contributed by atoms with Crippen LogP contribution in [0.5, 0.6) is 0 Å². The van der Waals surface area contributed by atoms with Crippen LogP contribution in [0, 0.1) is 5.92 Å². The van der Waals surface area contributed by atoms with Gasteiger partial charge in [0.2, 0.25) is 0 Å². The van der Waals surface area contributed by atoms with Gasteiger partial charge in [-0.1, -0.05) is 54.6 Å². The summed E-state index contributed by atoms with van der Waals surface area (Å²) in [5.74, 6) is 0.693. The zero-order valence-corrected chi connectivity index (χ0v) is 18.4. The first kappa shape index (κ1) is 19.6. The Bertz CT molecular complexity index is 1280. The van der Waals surface area contributed by atoms with Crippen molar-refractivity contribution >= 4 is 28.0 Å². The number of hydrogen-bond donors (Lipinski definition) is 0. The molecule has 0 unspecified atom stereocenters. The maximum absolute atomic E-state index is 5.10. The maximum atomic E-state index is 5.10. The molecule has 2 bridgehead atoms. The van der Waals surface area contributed by atoms with E-state index < -0.39 is 0 Å². The summed E-state index contributed by atoms with van der Waals surface area (Å²) in [5, 5.41) is 2.24. The van der Waals surface area contributed by atoms with Crippen molar-refractivity contribution in [2.75, 3.05) is 6.54 Å². The van der Waals surface area contributed by atoms with Gasteiger partial charge in [-0.15, -0.1) is 0 Å². The van der Waals surface area contributed by atoms with Gasteiger partial charge in [0, 0.05) is 41.8 Å². The van der Waals surface area contributed by atoms with E-state index in [1.54, 1.807) is 0 Å². The van der Waals surface area contributed by atoms with Crippen LogP contribution in [0.25, 0.3) is 21.8 Å². The topological polar surface area (TPSA) is 41.4 Å². The fraction of sp³-hybridized carbons (Fsp3) is 0.321. The number of piperidine rings is 1. The van der Waals surface area contributed by atoms with Crippen molar-refractivity contribution in [2.45, 2.75) is 44.3 Å². The minimum atomic E-state index is 0.336. The van der Waals surface area contributed by atoms with Gasteiger partial charge in [-0.2, -0.15) is 0 Å². The summed E-state index contributed by atoms with van der Waals surface area (Å²) in [6, 6.07) is 24.8. The van der Waals surface area contributed by atoms with Crippen LogP contribution in [0.4, 0.5) is 0 Å². The smallest absolute Gasteiger partial charge is 0.0972 e. The van der Waals surface area contributed by atoms with Gasteiger partial charge in [0.25, 0.3) is 0 Å². The van der Waals surface area contributed by atoms with Gasteiger partial charge in [-0.05, 0) is 49.8 Å². The molecule has 0 amide bonds. The predicted octanol–water partition coefficient (Wildman–Crippen LogP) is 5.82. The normalized spacial score (nSPS) is 24.5. The highest BCUT2D eigenvalue weighted by molar-refractivity contribution is 6.03. The second-order valence-electron chi connectivity index (χ2n) is 9.30. The Morgan fingerprint density at radius 1 is 0.938 bits per heavy atom. The summed E-state index contributed by atoms with van der Waals surface area (Å²) < 4.78 is 0.